The SMILES string of the molecule is Clc1nc(NCCCN2CCOCC2)c2ccsc2n1. The number of thiophene rings is 1. The zero-order valence-electron chi connectivity index (χ0n) is 11.1. The third-order valence-electron chi connectivity index (χ3n) is 3.35. The van der Waals surface area contributed by atoms with Crippen molar-refractivity contribution in [1.29, 1.82) is 0 Å². The third kappa shape index (κ3) is 3.38. The van der Waals surface area contributed by atoms with Gasteiger partial charge in [-0.25, -0.2) is 9.97 Å². The fourth-order valence-corrected chi connectivity index (χ4v) is 3.28. The summed E-state index contributed by atoms with van der Waals surface area (Å²) in [5.74, 6) is 0.836. The summed E-state index contributed by atoms with van der Waals surface area (Å²) in [6.07, 6.45) is 1.08. The lowest BCUT2D eigenvalue weighted by molar-refractivity contribution is 0.0378. The molecule has 1 aliphatic heterocycles. The normalized spacial score (nSPS) is 16.6. The lowest BCUT2D eigenvalue weighted by Crippen LogP contribution is -2.37. The zero-order chi connectivity index (χ0) is 13.8. The average Bonchev–Trinajstić information content (AvgIpc) is 2.92. The van der Waals surface area contributed by atoms with E-state index < -0.39 is 0 Å². The second-order valence-electron chi connectivity index (χ2n) is 4.72. The van der Waals surface area contributed by atoms with Crippen LogP contribution < -0.4 is 5.32 Å². The number of morpholine rings is 1. The first kappa shape index (κ1) is 14.0. The Hall–Kier alpha value is -0.950. The predicted molar refractivity (Wildman–Crippen MR) is 82.8 cm³/mol. The van der Waals surface area contributed by atoms with E-state index in [1.54, 1.807) is 11.3 Å². The van der Waals surface area contributed by atoms with Gasteiger partial charge in [-0.3, -0.25) is 4.90 Å². The third-order valence-corrected chi connectivity index (χ3v) is 4.32. The van der Waals surface area contributed by atoms with Crippen LogP contribution in [0, 0.1) is 0 Å². The monoisotopic (exact) mass is 312 g/mol. The van der Waals surface area contributed by atoms with Crippen molar-refractivity contribution < 1.29 is 4.74 Å². The van der Waals surface area contributed by atoms with Crippen molar-refractivity contribution in [2.75, 3.05) is 44.7 Å². The minimum absolute atomic E-state index is 0.302. The molecule has 0 aromatic carbocycles. The summed E-state index contributed by atoms with van der Waals surface area (Å²) in [5.41, 5.74) is 0. The van der Waals surface area contributed by atoms with Gasteiger partial charge in [0.15, 0.2) is 0 Å². The van der Waals surface area contributed by atoms with Crippen LogP contribution in [0.3, 0.4) is 0 Å². The van der Waals surface area contributed by atoms with E-state index in [1.165, 1.54) is 0 Å². The minimum atomic E-state index is 0.302. The number of halogens is 1. The van der Waals surface area contributed by atoms with Gasteiger partial charge >= 0.3 is 0 Å². The molecule has 3 rings (SSSR count). The first-order valence-corrected chi connectivity index (χ1v) is 8.03. The molecule has 0 atom stereocenters. The van der Waals surface area contributed by atoms with Crippen LogP contribution in [0.5, 0.6) is 0 Å². The second-order valence-corrected chi connectivity index (χ2v) is 5.95. The molecule has 0 saturated carbocycles. The summed E-state index contributed by atoms with van der Waals surface area (Å²) in [7, 11) is 0. The van der Waals surface area contributed by atoms with Gasteiger partial charge in [0.2, 0.25) is 5.28 Å². The van der Waals surface area contributed by atoms with E-state index in [-0.39, 0.29) is 0 Å². The topological polar surface area (TPSA) is 50.3 Å². The maximum absolute atomic E-state index is 5.94. The van der Waals surface area contributed by atoms with Crippen LogP contribution >= 0.6 is 22.9 Å². The van der Waals surface area contributed by atoms with Crippen LogP contribution in [0.4, 0.5) is 5.82 Å². The van der Waals surface area contributed by atoms with Crippen LogP contribution in [-0.2, 0) is 4.74 Å². The largest absolute Gasteiger partial charge is 0.379 e. The van der Waals surface area contributed by atoms with Crippen LogP contribution in [-0.4, -0.2) is 54.3 Å². The Kier molecular flexibility index (Phi) is 4.67. The number of hydrogen-bond acceptors (Lipinski definition) is 6. The van der Waals surface area contributed by atoms with Crippen LogP contribution in [0.1, 0.15) is 6.42 Å². The fourth-order valence-electron chi connectivity index (χ4n) is 2.30. The summed E-state index contributed by atoms with van der Waals surface area (Å²) >= 11 is 7.52. The fraction of sp³-hybridized carbons (Fsp3) is 0.538. The van der Waals surface area contributed by atoms with E-state index in [0.29, 0.717) is 5.28 Å². The zero-order valence-corrected chi connectivity index (χ0v) is 12.7. The van der Waals surface area contributed by atoms with Crippen LogP contribution in [0.25, 0.3) is 10.2 Å². The molecule has 1 fully saturated rings. The van der Waals surface area contributed by atoms with E-state index >= 15 is 0 Å². The predicted octanol–water partition coefficient (Wildman–Crippen LogP) is 2.48. The Balaban J connectivity index is 1.53. The Morgan fingerprint density at radius 2 is 2.20 bits per heavy atom. The molecule has 7 heteroatoms. The van der Waals surface area contributed by atoms with Crippen molar-refractivity contribution in [3.8, 4) is 0 Å². The molecule has 1 aliphatic rings. The number of aromatic nitrogens is 2. The molecule has 20 heavy (non-hydrogen) atoms. The molecule has 0 spiro atoms. The highest BCUT2D eigenvalue weighted by Gasteiger charge is 2.10. The minimum Gasteiger partial charge on any atom is -0.379 e. The Labute approximate surface area is 126 Å². The maximum atomic E-state index is 5.94. The van der Waals surface area contributed by atoms with Crippen molar-refractivity contribution in [1.82, 2.24) is 14.9 Å². The molecule has 108 valence electrons. The number of fused-ring (bicyclic) bond motifs is 1. The van der Waals surface area contributed by atoms with Gasteiger partial charge in [-0.15, -0.1) is 11.3 Å². The second kappa shape index (κ2) is 6.67. The molecular formula is C13H17ClN4OS. The first-order valence-electron chi connectivity index (χ1n) is 6.77. The van der Waals surface area contributed by atoms with Crippen molar-refractivity contribution in [3.63, 3.8) is 0 Å². The number of nitrogens with one attached hydrogen (secondary N) is 1. The lowest BCUT2D eigenvalue weighted by Gasteiger charge is -2.26. The van der Waals surface area contributed by atoms with Gasteiger partial charge < -0.3 is 10.1 Å². The van der Waals surface area contributed by atoms with Crippen molar-refractivity contribution in [3.05, 3.63) is 16.7 Å². The first-order chi connectivity index (χ1) is 9.83. The van der Waals surface area contributed by atoms with Gasteiger partial charge in [-0.1, -0.05) is 0 Å². The molecule has 2 aromatic heterocycles. The van der Waals surface area contributed by atoms with Crippen molar-refractivity contribution in [2.45, 2.75) is 6.42 Å². The molecule has 0 aliphatic carbocycles. The molecule has 0 amide bonds. The van der Waals surface area contributed by atoms with E-state index in [2.05, 4.69) is 20.2 Å². The summed E-state index contributed by atoms with van der Waals surface area (Å²) in [4.78, 5) is 11.8. The van der Waals surface area contributed by atoms with E-state index in [9.17, 15) is 0 Å². The van der Waals surface area contributed by atoms with Gasteiger partial charge in [-0.2, -0.15) is 0 Å². The van der Waals surface area contributed by atoms with E-state index in [0.717, 1.165) is 61.8 Å². The lowest BCUT2D eigenvalue weighted by atomic mass is 10.3. The molecule has 0 radical (unpaired) electrons. The highest BCUT2D eigenvalue weighted by molar-refractivity contribution is 7.16. The number of hydrogen-bond donors (Lipinski definition) is 1. The highest BCUT2D eigenvalue weighted by atomic mass is 35.5. The molecular weight excluding hydrogens is 296 g/mol. The van der Waals surface area contributed by atoms with E-state index in [4.69, 9.17) is 16.3 Å². The number of ether oxygens (including phenoxy) is 1. The number of rotatable bonds is 5. The smallest absolute Gasteiger partial charge is 0.225 e. The summed E-state index contributed by atoms with van der Waals surface area (Å²) in [6.45, 7) is 5.74. The van der Waals surface area contributed by atoms with Gasteiger partial charge in [-0.05, 0) is 36.0 Å². The van der Waals surface area contributed by atoms with Gasteiger partial charge in [0.05, 0.1) is 18.6 Å². The molecule has 0 bridgehead atoms. The summed E-state index contributed by atoms with van der Waals surface area (Å²) < 4.78 is 5.34. The van der Waals surface area contributed by atoms with Gasteiger partial charge in [0.1, 0.15) is 10.6 Å². The van der Waals surface area contributed by atoms with Gasteiger partial charge in [0.25, 0.3) is 0 Å². The van der Waals surface area contributed by atoms with Crippen molar-refractivity contribution in [2.24, 2.45) is 0 Å². The maximum Gasteiger partial charge on any atom is 0.225 e. The Morgan fingerprint density at radius 3 is 3.05 bits per heavy atom. The summed E-state index contributed by atoms with van der Waals surface area (Å²) in [6, 6.07) is 2.03. The average molecular weight is 313 g/mol. The number of nitrogens with zero attached hydrogens (tertiary/aromatic N) is 3. The number of anilines is 1. The van der Waals surface area contributed by atoms with Crippen LogP contribution in [0.2, 0.25) is 5.28 Å². The van der Waals surface area contributed by atoms with Gasteiger partial charge in [0, 0.05) is 19.6 Å². The molecule has 2 aromatic rings. The standard InChI is InChI=1S/C13H17ClN4OS/c14-13-16-11(10-2-9-20-12(10)17-13)15-3-1-4-18-5-7-19-8-6-18/h2,9H,1,3-8H2,(H,15,16,17). The molecule has 0 unspecified atom stereocenters. The molecule has 1 N–H and O–H groups in total. The van der Waals surface area contributed by atoms with E-state index in [1.807, 2.05) is 11.4 Å². The highest BCUT2D eigenvalue weighted by Crippen LogP contribution is 2.26. The molecule has 3 heterocycles. The quantitative estimate of drug-likeness (QED) is 0.679. The van der Waals surface area contributed by atoms with Crippen molar-refractivity contribution >= 4 is 39.0 Å². The molecule has 5 nitrogen and oxygen atoms in total. The Bertz CT molecular complexity index is 570. The van der Waals surface area contributed by atoms with Crippen LogP contribution in [0.15, 0.2) is 11.4 Å². The molecule has 1 saturated heterocycles. The summed E-state index contributed by atoms with van der Waals surface area (Å²) in [5, 5.41) is 6.72. The Morgan fingerprint density at radius 1 is 1.35 bits per heavy atom.